The molecule has 2 amide bonds. The highest BCUT2D eigenvalue weighted by molar-refractivity contribution is 6.31. The maximum absolute atomic E-state index is 13.0. The highest BCUT2D eigenvalue weighted by Crippen LogP contribution is 2.36. The third-order valence-electron chi connectivity index (χ3n) is 5.02. The van der Waals surface area contributed by atoms with Gasteiger partial charge in [-0.25, -0.2) is 4.90 Å². The number of methoxy groups -OCH3 is 1. The zero-order valence-corrected chi connectivity index (χ0v) is 16.2. The third kappa shape index (κ3) is 3.94. The van der Waals surface area contributed by atoms with Gasteiger partial charge in [0, 0.05) is 11.6 Å². The average molecular weight is 395 g/mol. The quantitative estimate of drug-likeness (QED) is 0.563. The van der Waals surface area contributed by atoms with Crippen LogP contribution in [0.25, 0.3) is 0 Å². The molecule has 2 aliphatic rings. The predicted octanol–water partition coefficient (Wildman–Crippen LogP) is 2.26. The van der Waals surface area contributed by atoms with E-state index in [4.69, 9.17) is 21.1 Å². The van der Waals surface area contributed by atoms with Crippen molar-refractivity contribution in [3.63, 3.8) is 0 Å². The van der Waals surface area contributed by atoms with Gasteiger partial charge in [0.25, 0.3) is 5.91 Å². The number of carbonyl (C=O) groups excluding carboxylic acids is 3. The number of hydrogen-bond acceptors (Lipinski definition) is 6. The van der Waals surface area contributed by atoms with E-state index in [1.54, 1.807) is 25.1 Å². The van der Waals surface area contributed by atoms with Gasteiger partial charge in [0.05, 0.1) is 37.8 Å². The van der Waals surface area contributed by atoms with Crippen molar-refractivity contribution in [2.24, 2.45) is 5.92 Å². The third-order valence-corrected chi connectivity index (χ3v) is 5.25. The predicted molar refractivity (Wildman–Crippen MR) is 99.8 cm³/mol. The van der Waals surface area contributed by atoms with Crippen LogP contribution in [0, 0.1) is 5.92 Å². The Morgan fingerprint density at radius 1 is 1.33 bits per heavy atom. The monoisotopic (exact) mass is 394 g/mol. The summed E-state index contributed by atoms with van der Waals surface area (Å²) >= 11 is 6.05. The Morgan fingerprint density at radius 3 is 2.81 bits per heavy atom. The van der Waals surface area contributed by atoms with Crippen LogP contribution in [0.1, 0.15) is 26.2 Å². The molecule has 0 N–H and O–H groups in total. The summed E-state index contributed by atoms with van der Waals surface area (Å²) in [5.74, 6) is -0.720. The lowest BCUT2D eigenvalue weighted by Crippen LogP contribution is -2.48. The van der Waals surface area contributed by atoms with Crippen LogP contribution in [0.3, 0.4) is 0 Å². The van der Waals surface area contributed by atoms with Gasteiger partial charge in [0.15, 0.2) is 0 Å². The first-order valence-corrected chi connectivity index (χ1v) is 9.45. The number of benzene rings is 1. The van der Waals surface area contributed by atoms with Crippen molar-refractivity contribution in [1.29, 1.82) is 0 Å². The number of esters is 1. The second kappa shape index (κ2) is 8.27. The Labute approximate surface area is 163 Å². The molecule has 1 aromatic carbocycles. The first kappa shape index (κ1) is 19.6. The summed E-state index contributed by atoms with van der Waals surface area (Å²) in [5, 5.41) is 0.412. The van der Waals surface area contributed by atoms with Gasteiger partial charge in [0.2, 0.25) is 5.91 Å². The van der Waals surface area contributed by atoms with E-state index in [0.29, 0.717) is 36.2 Å². The first-order chi connectivity index (χ1) is 13.0. The van der Waals surface area contributed by atoms with Crippen LogP contribution in [-0.2, 0) is 19.1 Å². The van der Waals surface area contributed by atoms with Gasteiger partial charge in [-0.3, -0.25) is 19.3 Å². The van der Waals surface area contributed by atoms with E-state index in [0.717, 1.165) is 17.7 Å². The van der Waals surface area contributed by atoms with E-state index in [-0.39, 0.29) is 30.1 Å². The molecule has 146 valence electrons. The fourth-order valence-corrected chi connectivity index (χ4v) is 3.90. The van der Waals surface area contributed by atoms with Gasteiger partial charge < -0.3 is 9.47 Å². The molecule has 0 aliphatic carbocycles. The van der Waals surface area contributed by atoms with Gasteiger partial charge in [-0.1, -0.05) is 11.6 Å². The number of amides is 2. The zero-order chi connectivity index (χ0) is 19.6. The summed E-state index contributed by atoms with van der Waals surface area (Å²) in [7, 11) is 1.48. The summed E-state index contributed by atoms with van der Waals surface area (Å²) in [5.41, 5.74) is 0.349. The Bertz CT molecular complexity index is 754. The van der Waals surface area contributed by atoms with E-state index in [9.17, 15) is 14.4 Å². The minimum absolute atomic E-state index is 0.0735. The molecule has 0 unspecified atom stereocenters. The number of piperidine rings is 1. The second-order valence-corrected chi connectivity index (χ2v) is 7.13. The van der Waals surface area contributed by atoms with E-state index in [1.807, 2.05) is 4.90 Å². The van der Waals surface area contributed by atoms with Crippen LogP contribution in [0.15, 0.2) is 18.2 Å². The number of hydrogen-bond donors (Lipinski definition) is 0. The molecular formula is C19H23ClN2O5. The lowest BCUT2D eigenvalue weighted by molar-refractivity contribution is -0.150. The maximum atomic E-state index is 13.0. The van der Waals surface area contributed by atoms with E-state index in [2.05, 4.69) is 0 Å². The molecule has 27 heavy (non-hydrogen) atoms. The van der Waals surface area contributed by atoms with Gasteiger partial charge in [-0.15, -0.1) is 0 Å². The Balaban J connectivity index is 1.80. The molecule has 1 aromatic rings. The Hall–Kier alpha value is -2.12. The standard InChI is InChI=1S/C19H23ClN2O5/c1-3-27-19(25)12-5-4-8-21(11-12)15-10-17(23)22(18(15)24)14-9-13(20)6-7-16(14)26-2/h6-7,9,12,15H,3-5,8,10-11H2,1-2H3/t12-,15-/m1/s1. The summed E-state index contributed by atoms with van der Waals surface area (Å²) in [6, 6.07) is 4.24. The molecule has 2 atom stereocenters. The summed E-state index contributed by atoms with van der Waals surface area (Å²) in [6.07, 6.45) is 1.59. The average Bonchev–Trinajstić information content (AvgIpc) is 2.96. The van der Waals surface area contributed by atoms with Crippen LogP contribution in [0.5, 0.6) is 5.75 Å². The fourth-order valence-electron chi connectivity index (χ4n) is 3.73. The number of halogens is 1. The van der Waals surface area contributed by atoms with Crippen molar-refractivity contribution in [2.75, 3.05) is 31.7 Å². The molecule has 0 saturated carbocycles. The lowest BCUT2D eigenvalue weighted by atomic mass is 9.96. The van der Waals surface area contributed by atoms with Gasteiger partial charge >= 0.3 is 5.97 Å². The van der Waals surface area contributed by atoms with Crippen molar-refractivity contribution in [3.8, 4) is 5.75 Å². The summed E-state index contributed by atoms with van der Waals surface area (Å²) < 4.78 is 10.4. The molecule has 7 nitrogen and oxygen atoms in total. The minimum atomic E-state index is -0.585. The molecule has 2 fully saturated rings. The molecule has 2 saturated heterocycles. The topological polar surface area (TPSA) is 76.2 Å². The zero-order valence-electron chi connectivity index (χ0n) is 15.4. The molecule has 0 spiro atoms. The Morgan fingerprint density at radius 2 is 2.11 bits per heavy atom. The van der Waals surface area contributed by atoms with E-state index < -0.39 is 6.04 Å². The second-order valence-electron chi connectivity index (χ2n) is 6.69. The number of carbonyl (C=O) groups is 3. The largest absolute Gasteiger partial charge is 0.495 e. The van der Waals surface area contributed by atoms with Gasteiger partial charge in [-0.2, -0.15) is 0 Å². The number of rotatable bonds is 5. The van der Waals surface area contributed by atoms with E-state index in [1.165, 1.54) is 7.11 Å². The highest BCUT2D eigenvalue weighted by atomic mass is 35.5. The molecule has 0 bridgehead atoms. The summed E-state index contributed by atoms with van der Waals surface area (Å²) in [6.45, 7) is 3.19. The Kier molecular flexibility index (Phi) is 6.01. The van der Waals surface area contributed by atoms with Crippen LogP contribution in [0.4, 0.5) is 5.69 Å². The number of ether oxygens (including phenoxy) is 2. The SMILES string of the molecule is CCOC(=O)[C@@H]1CCCN([C@@H]2CC(=O)N(c3cc(Cl)ccc3OC)C2=O)C1. The fraction of sp³-hybridized carbons (Fsp3) is 0.526. The molecule has 3 rings (SSSR count). The highest BCUT2D eigenvalue weighted by Gasteiger charge is 2.45. The molecule has 0 radical (unpaired) electrons. The number of anilines is 1. The van der Waals surface area contributed by atoms with Gasteiger partial charge in [-0.05, 0) is 44.5 Å². The molecular weight excluding hydrogens is 372 g/mol. The number of nitrogens with zero attached hydrogens (tertiary/aromatic N) is 2. The van der Waals surface area contributed by atoms with Crippen LogP contribution in [-0.4, -0.2) is 55.5 Å². The van der Waals surface area contributed by atoms with E-state index >= 15 is 0 Å². The maximum Gasteiger partial charge on any atom is 0.310 e. The number of likely N-dealkylation sites (tertiary alicyclic amines) is 1. The summed E-state index contributed by atoms with van der Waals surface area (Å²) in [4.78, 5) is 40.8. The van der Waals surface area contributed by atoms with Crippen LogP contribution < -0.4 is 9.64 Å². The smallest absolute Gasteiger partial charge is 0.310 e. The number of imide groups is 1. The minimum Gasteiger partial charge on any atom is -0.495 e. The van der Waals surface area contributed by atoms with Gasteiger partial charge in [0.1, 0.15) is 5.75 Å². The van der Waals surface area contributed by atoms with Crippen LogP contribution in [0.2, 0.25) is 5.02 Å². The molecule has 8 heteroatoms. The molecule has 2 aliphatic heterocycles. The van der Waals surface area contributed by atoms with Crippen molar-refractivity contribution in [2.45, 2.75) is 32.2 Å². The molecule has 2 heterocycles. The van der Waals surface area contributed by atoms with Crippen molar-refractivity contribution in [1.82, 2.24) is 4.90 Å². The normalized spacial score (nSPS) is 23.6. The van der Waals surface area contributed by atoms with Crippen LogP contribution >= 0.6 is 11.6 Å². The van der Waals surface area contributed by atoms with Crippen molar-refractivity contribution in [3.05, 3.63) is 23.2 Å². The lowest BCUT2D eigenvalue weighted by Gasteiger charge is -2.34. The first-order valence-electron chi connectivity index (χ1n) is 9.07. The van der Waals surface area contributed by atoms with Crippen molar-refractivity contribution < 1.29 is 23.9 Å². The van der Waals surface area contributed by atoms with Crippen molar-refractivity contribution >= 4 is 35.1 Å². The molecule has 0 aromatic heterocycles.